The standard InChI is InChI=1S/C18H34/c1-3-15-9-5-7-11-17(15)13-14-18-12-8-6-10-16(18)4-2/h15-18H,3-14H2,1-2H3. The molecule has 18 heavy (non-hydrogen) atoms. The minimum absolute atomic E-state index is 1.07. The highest BCUT2D eigenvalue weighted by Gasteiger charge is 2.27. The van der Waals surface area contributed by atoms with Crippen LogP contribution in [0.25, 0.3) is 0 Å². The Bertz CT molecular complexity index is 196. The molecule has 4 unspecified atom stereocenters. The Kier molecular flexibility index (Phi) is 6.05. The SMILES string of the molecule is CCC1CCCCC1CCC1CCCCC1CC. The second-order valence-corrected chi connectivity index (χ2v) is 7.00. The molecule has 2 saturated carbocycles. The summed E-state index contributed by atoms with van der Waals surface area (Å²) in [5.41, 5.74) is 0. The van der Waals surface area contributed by atoms with Gasteiger partial charge in [-0.2, -0.15) is 0 Å². The van der Waals surface area contributed by atoms with Crippen LogP contribution >= 0.6 is 0 Å². The Balaban J connectivity index is 1.78. The summed E-state index contributed by atoms with van der Waals surface area (Å²) < 4.78 is 0. The smallest absolute Gasteiger partial charge is 0.0386 e. The highest BCUT2D eigenvalue weighted by Crippen LogP contribution is 2.40. The van der Waals surface area contributed by atoms with Gasteiger partial charge in [0.25, 0.3) is 0 Å². The van der Waals surface area contributed by atoms with Crippen LogP contribution in [0.15, 0.2) is 0 Å². The van der Waals surface area contributed by atoms with Crippen molar-refractivity contribution in [2.45, 2.75) is 90.9 Å². The number of hydrogen-bond donors (Lipinski definition) is 0. The number of hydrogen-bond acceptors (Lipinski definition) is 0. The zero-order valence-electron chi connectivity index (χ0n) is 12.8. The van der Waals surface area contributed by atoms with Crippen molar-refractivity contribution in [3.05, 3.63) is 0 Å². The van der Waals surface area contributed by atoms with Crippen molar-refractivity contribution in [3.8, 4) is 0 Å². The number of rotatable bonds is 5. The van der Waals surface area contributed by atoms with Gasteiger partial charge in [-0.05, 0) is 36.5 Å². The van der Waals surface area contributed by atoms with Crippen LogP contribution in [-0.2, 0) is 0 Å². The molecule has 0 radical (unpaired) electrons. The maximum absolute atomic E-state index is 2.42. The Morgan fingerprint density at radius 3 is 1.22 bits per heavy atom. The van der Waals surface area contributed by atoms with Gasteiger partial charge in [-0.1, -0.05) is 78.1 Å². The van der Waals surface area contributed by atoms with Crippen molar-refractivity contribution in [1.29, 1.82) is 0 Å². The molecular weight excluding hydrogens is 216 g/mol. The molecule has 0 heteroatoms. The molecular formula is C18H34. The van der Waals surface area contributed by atoms with E-state index < -0.39 is 0 Å². The molecule has 0 aliphatic heterocycles. The summed E-state index contributed by atoms with van der Waals surface area (Å²) in [7, 11) is 0. The molecule has 0 bridgehead atoms. The molecule has 2 aliphatic carbocycles. The summed E-state index contributed by atoms with van der Waals surface area (Å²) in [5, 5.41) is 0. The molecule has 0 aromatic rings. The summed E-state index contributed by atoms with van der Waals surface area (Å²) in [5.74, 6) is 4.32. The van der Waals surface area contributed by atoms with E-state index in [4.69, 9.17) is 0 Å². The van der Waals surface area contributed by atoms with E-state index in [1.54, 1.807) is 25.7 Å². The summed E-state index contributed by atoms with van der Waals surface area (Å²) in [6, 6.07) is 0. The van der Waals surface area contributed by atoms with Crippen LogP contribution in [-0.4, -0.2) is 0 Å². The highest BCUT2D eigenvalue weighted by molar-refractivity contribution is 4.79. The van der Waals surface area contributed by atoms with Crippen molar-refractivity contribution in [2.75, 3.05) is 0 Å². The maximum atomic E-state index is 2.42. The summed E-state index contributed by atoms with van der Waals surface area (Å²) >= 11 is 0. The van der Waals surface area contributed by atoms with Crippen molar-refractivity contribution >= 4 is 0 Å². The fourth-order valence-corrected chi connectivity index (χ4v) is 4.83. The Morgan fingerprint density at radius 1 is 0.556 bits per heavy atom. The molecule has 2 rings (SSSR count). The maximum Gasteiger partial charge on any atom is -0.0386 e. The van der Waals surface area contributed by atoms with Crippen LogP contribution in [0.3, 0.4) is 0 Å². The molecule has 0 saturated heterocycles. The first-order chi connectivity index (χ1) is 8.85. The molecule has 0 amide bonds. The van der Waals surface area contributed by atoms with E-state index in [9.17, 15) is 0 Å². The van der Waals surface area contributed by atoms with Crippen molar-refractivity contribution < 1.29 is 0 Å². The van der Waals surface area contributed by atoms with Gasteiger partial charge in [0.1, 0.15) is 0 Å². The van der Waals surface area contributed by atoms with E-state index in [1.165, 1.54) is 51.4 Å². The van der Waals surface area contributed by atoms with E-state index in [-0.39, 0.29) is 0 Å². The van der Waals surface area contributed by atoms with Gasteiger partial charge >= 0.3 is 0 Å². The Labute approximate surface area is 115 Å². The summed E-state index contributed by atoms with van der Waals surface area (Å²) in [6.45, 7) is 4.83. The first kappa shape index (κ1) is 14.4. The molecule has 106 valence electrons. The predicted molar refractivity (Wildman–Crippen MR) is 80.7 cm³/mol. The lowest BCUT2D eigenvalue weighted by molar-refractivity contribution is 0.165. The van der Waals surface area contributed by atoms with Crippen LogP contribution in [0.4, 0.5) is 0 Å². The Hall–Kier alpha value is 0. The van der Waals surface area contributed by atoms with Crippen LogP contribution in [0.5, 0.6) is 0 Å². The minimum Gasteiger partial charge on any atom is -0.0651 e. The molecule has 0 heterocycles. The monoisotopic (exact) mass is 250 g/mol. The van der Waals surface area contributed by atoms with Gasteiger partial charge in [0.2, 0.25) is 0 Å². The van der Waals surface area contributed by atoms with Gasteiger partial charge in [0.15, 0.2) is 0 Å². The minimum atomic E-state index is 1.07. The van der Waals surface area contributed by atoms with Gasteiger partial charge in [-0.25, -0.2) is 0 Å². The van der Waals surface area contributed by atoms with Crippen LogP contribution < -0.4 is 0 Å². The largest absolute Gasteiger partial charge is 0.0651 e. The third-order valence-electron chi connectivity index (χ3n) is 6.09. The molecule has 0 aromatic heterocycles. The van der Waals surface area contributed by atoms with E-state index in [0.717, 1.165) is 23.7 Å². The van der Waals surface area contributed by atoms with Crippen molar-refractivity contribution in [2.24, 2.45) is 23.7 Å². The molecule has 2 aliphatic rings. The van der Waals surface area contributed by atoms with Gasteiger partial charge in [-0.3, -0.25) is 0 Å². The van der Waals surface area contributed by atoms with Gasteiger partial charge in [0.05, 0.1) is 0 Å². The third kappa shape index (κ3) is 3.75. The predicted octanol–water partition coefficient (Wildman–Crippen LogP) is 6.20. The summed E-state index contributed by atoms with van der Waals surface area (Å²) in [4.78, 5) is 0. The molecule has 0 spiro atoms. The van der Waals surface area contributed by atoms with Crippen LogP contribution in [0.2, 0.25) is 0 Å². The highest BCUT2D eigenvalue weighted by atomic mass is 14.3. The fraction of sp³-hybridized carbons (Fsp3) is 1.00. The Morgan fingerprint density at radius 2 is 0.889 bits per heavy atom. The van der Waals surface area contributed by atoms with Crippen molar-refractivity contribution in [1.82, 2.24) is 0 Å². The van der Waals surface area contributed by atoms with E-state index in [1.807, 2.05) is 0 Å². The molecule has 0 N–H and O–H groups in total. The van der Waals surface area contributed by atoms with Gasteiger partial charge in [-0.15, -0.1) is 0 Å². The van der Waals surface area contributed by atoms with Crippen LogP contribution in [0.1, 0.15) is 90.9 Å². The first-order valence-electron chi connectivity index (χ1n) is 8.85. The molecule has 2 fully saturated rings. The van der Waals surface area contributed by atoms with E-state index in [2.05, 4.69) is 13.8 Å². The van der Waals surface area contributed by atoms with E-state index in [0.29, 0.717) is 0 Å². The fourth-order valence-electron chi connectivity index (χ4n) is 4.83. The first-order valence-corrected chi connectivity index (χ1v) is 8.85. The second kappa shape index (κ2) is 7.56. The normalized spacial score (nSPS) is 37.7. The molecule has 0 aromatic carbocycles. The topological polar surface area (TPSA) is 0 Å². The quantitative estimate of drug-likeness (QED) is 0.545. The lowest BCUT2D eigenvalue weighted by Crippen LogP contribution is -2.23. The molecule has 4 atom stereocenters. The van der Waals surface area contributed by atoms with E-state index >= 15 is 0 Å². The second-order valence-electron chi connectivity index (χ2n) is 7.00. The third-order valence-corrected chi connectivity index (χ3v) is 6.09. The average Bonchev–Trinajstić information content (AvgIpc) is 2.45. The zero-order valence-corrected chi connectivity index (χ0v) is 12.8. The zero-order chi connectivity index (χ0) is 12.8. The summed E-state index contributed by atoms with van der Waals surface area (Å²) in [6.07, 6.45) is 18.2. The van der Waals surface area contributed by atoms with Gasteiger partial charge in [0, 0.05) is 0 Å². The lowest BCUT2D eigenvalue weighted by atomic mass is 9.71. The lowest BCUT2D eigenvalue weighted by Gasteiger charge is -2.35. The average molecular weight is 250 g/mol. The van der Waals surface area contributed by atoms with Crippen molar-refractivity contribution in [3.63, 3.8) is 0 Å². The van der Waals surface area contributed by atoms with Crippen LogP contribution in [0, 0.1) is 23.7 Å². The van der Waals surface area contributed by atoms with Gasteiger partial charge < -0.3 is 0 Å². The molecule has 0 nitrogen and oxygen atoms in total.